The van der Waals surface area contributed by atoms with E-state index in [0.717, 1.165) is 36.8 Å². The summed E-state index contributed by atoms with van der Waals surface area (Å²) in [5, 5.41) is 10.2. The molecule has 34 heavy (non-hydrogen) atoms. The molecule has 9 heteroatoms. The van der Waals surface area contributed by atoms with Gasteiger partial charge in [-0.2, -0.15) is 5.26 Å². The summed E-state index contributed by atoms with van der Waals surface area (Å²) in [6.45, 7) is 7.51. The zero-order valence-corrected chi connectivity index (χ0v) is 21.0. The van der Waals surface area contributed by atoms with E-state index in [-0.39, 0.29) is 17.6 Å². The van der Waals surface area contributed by atoms with Crippen LogP contribution >= 0.6 is 23.2 Å². The fraction of sp³-hybridized carbons (Fsp3) is 0.440. The average Bonchev–Trinajstić information content (AvgIpc) is 3.21. The van der Waals surface area contributed by atoms with Gasteiger partial charge in [-0.15, -0.1) is 0 Å². The lowest BCUT2D eigenvalue weighted by molar-refractivity contribution is -0.127. The summed E-state index contributed by atoms with van der Waals surface area (Å²) in [5.74, 6) is 0.841. The third-order valence-corrected chi connectivity index (χ3v) is 6.42. The topological polar surface area (TPSA) is 82.2 Å². The van der Waals surface area contributed by atoms with Crippen LogP contribution in [0.1, 0.15) is 42.1 Å². The number of fused-ring (bicyclic) bond motifs is 1. The molecule has 1 aromatic carbocycles. The Kier molecular flexibility index (Phi) is 9.28. The third-order valence-electron chi connectivity index (χ3n) is 5.83. The Morgan fingerprint density at radius 3 is 2.68 bits per heavy atom. The molecule has 1 fully saturated rings. The van der Waals surface area contributed by atoms with Gasteiger partial charge in [0, 0.05) is 55.8 Å². The van der Waals surface area contributed by atoms with Gasteiger partial charge >= 0.3 is 0 Å². The van der Waals surface area contributed by atoms with Crippen molar-refractivity contribution in [2.24, 2.45) is 5.92 Å². The number of benzene rings is 1. The molecule has 0 aliphatic carbocycles. The fourth-order valence-corrected chi connectivity index (χ4v) is 4.43. The van der Waals surface area contributed by atoms with Gasteiger partial charge in [-0.3, -0.25) is 14.5 Å². The highest BCUT2D eigenvalue weighted by Gasteiger charge is 2.26. The maximum atomic E-state index is 12.2. The molecule has 1 saturated heterocycles. The molecule has 2 aliphatic heterocycles. The van der Waals surface area contributed by atoms with Crippen molar-refractivity contribution < 1.29 is 9.59 Å². The second-order valence-corrected chi connectivity index (χ2v) is 9.30. The van der Waals surface area contributed by atoms with E-state index in [2.05, 4.69) is 22.9 Å². The summed E-state index contributed by atoms with van der Waals surface area (Å²) >= 11 is 11.7. The van der Waals surface area contributed by atoms with E-state index >= 15 is 0 Å². The minimum atomic E-state index is -0.0408. The number of imidazole rings is 1. The fourth-order valence-electron chi connectivity index (χ4n) is 3.93. The number of nitrogens with zero attached hydrogens (tertiary/aromatic N) is 5. The van der Waals surface area contributed by atoms with Gasteiger partial charge in [0.2, 0.25) is 5.91 Å². The maximum absolute atomic E-state index is 12.2. The molecule has 4 rings (SSSR count). The molecule has 0 N–H and O–H groups in total. The molecule has 7 nitrogen and oxygen atoms in total. The highest BCUT2D eigenvalue weighted by atomic mass is 35.5. The number of carbonyl (C=O) groups is 2. The van der Waals surface area contributed by atoms with Crippen molar-refractivity contribution in [3.63, 3.8) is 0 Å². The smallest absolute Gasteiger partial charge is 0.246 e. The second-order valence-electron chi connectivity index (χ2n) is 8.46. The minimum Gasteiger partial charge on any atom is -0.330 e. The average molecular weight is 502 g/mol. The zero-order chi connectivity index (χ0) is 24.7. The first kappa shape index (κ1) is 26.0. The highest BCUT2D eigenvalue weighted by Crippen LogP contribution is 2.21. The van der Waals surface area contributed by atoms with Crippen molar-refractivity contribution in [2.75, 3.05) is 26.2 Å². The molecule has 3 heterocycles. The van der Waals surface area contributed by atoms with Crippen LogP contribution in [-0.4, -0.2) is 57.2 Å². The Morgan fingerprint density at radius 1 is 1.26 bits per heavy atom. The van der Waals surface area contributed by atoms with E-state index < -0.39 is 0 Å². The van der Waals surface area contributed by atoms with Gasteiger partial charge in [-0.05, 0) is 24.1 Å². The number of hydrogen-bond acceptors (Lipinski definition) is 5. The van der Waals surface area contributed by atoms with E-state index in [1.165, 1.54) is 12.5 Å². The predicted molar refractivity (Wildman–Crippen MR) is 133 cm³/mol. The Labute approximate surface area is 210 Å². The normalized spacial score (nSPS) is 15.8. The molecule has 1 aromatic heterocycles. The molecule has 0 saturated carbocycles. The van der Waals surface area contributed by atoms with Crippen LogP contribution in [-0.2, 0) is 24.3 Å². The summed E-state index contributed by atoms with van der Waals surface area (Å²) in [7, 11) is 0. The first-order valence-electron chi connectivity index (χ1n) is 11.4. The lowest BCUT2D eigenvalue weighted by Gasteiger charge is -2.34. The third kappa shape index (κ3) is 6.69. The minimum absolute atomic E-state index is 0.00589. The Morgan fingerprint density at radius 2 is 2.03 bits per heavy atom. The van der Waals surface area contributed by atoms with E-state index in [9.17, 15) is 9.59 Å². The number of ketones is 1. The van der Waals surface area contributed by atoms with Crippen molar-refractivity contribution >= 4 is 34.9 Å². The van der Waals surface area contributed by atoms with Crippen LogP contribution in [0.3, 0.4) is 0 Å². The first-order valence-corrected chi connectivity index (χ1v) is 12.1. The Balaban J connectivity index is 0.000000248. The van der Waals surface area contributed by atoms with Gasteiger partial charge in [-0.25, -0.2) is 4.98 Å². The van der Waals surface area contributed by atoms with Crippen LogP contribution in [0.4, 0.5) is 0 Å². The van der Waals surface area contributed by atoms with E-state index in [1.54, 1.807) is 23.2 Å². The number of aryl methyl sites for hydroxylation is 1. The van der Waals surface area contributed by atoms with E-state index in [4.69, 9.17) is 28.5 Å². The number of aromatic nitrogens is 2. The molecule has 180 valence electrons. The number of nitriles is 1. The number of likely N-dealkylation sites (tertiary alicyclic amines) is 1. The molecule has 0 radical (unpaired) electrons. The van der Waals surface area contributed by atoms with Crippen LogP contribution in [0.25, 0.3) is 0 Å². The number of hydrogen-bond donors (Lipinski definition) is 0. The molecule has 2 aliphatic rings. The summed E-state index contributed by atoms with van der Waals surface area (Å²) in [5.41, 5.74) is 1.78. The SMILES string of the molecule is CC(=O)c1cnc2n1CCN(C(=O)/C=C/CN1CC(C#N)C1)C2.CCCc1ccc(Cl)cc1Cl. The van der Waals surface area contributed by atoms with Crippen molar-refractivity contribution in [1.82, 2.24) is 19.4 Å². The molecule has 0 spiro atoms. The van der Waals surface area contributed by atoms with Crippen molar-refractivity contribution in [1.29, 1.82) is 5.26 Å². The number of Topliss-reactive ketones (excluding diaryl/α,β-unsaturated/α-hetero) is 1. The second kappa shape index (κ2) is 12.2. The Hall–Kier alpha value is -2.66. The predicted octanol–water partition coefficient (Wildman–Crippen LogP) is 4.39. The largest absolute Gasteiger partial charge is 0.330 e. The summed E-state index contributed by atoms with van der Waals surface area (Å²) < 4.78 is 1.89. The van der Waals surface area contributed by atoms with Gasteiger partial charge in [0.15, 0.2) is 5.78 Å². The van der Waals surface area contributed by atoms with E-state index in [1.807, 2.05) is 22.8 Å². The van der Waals surface area contributed by atoms with Gasteiger partial charge < -0.3 is 9.47 Å². The summed E-state index contributed by atoms with van der Waals surface area (Å²) in [6.07, 6.45) is 7.15. The molecule has 2 aromatic rings. The monoisotopic (exact) mass is 501 g/mol. The molecular formula is C25H29Cl2N5O2. The standard InChI is InChI=1S/C16H19N5O2.C9H10Cl2/c1-12(22)14-8-18-15-11-20(5-6-21(14)15)16(23)3-2-4-19-9-13(7-17)10-19;1-2-3-7-4-5-8(10)6-9(7)11/h2-3,8,13H,4-6,9-11H2,1H3;4-6H,2-3H2,1H3/b3-2+;. The van der Waals surface area contributed by atoms with Crippen LogP contribution < -0.4 is 0 Å². The number of amides is 1. The van der Waals surface area contributed by atoms with Gasteiger partial charge in [0.1, 0.15) is 11.5 Å². The number of rotatable bonds is 6. The lowest BCUT2D eigenvalue weighted by Crippen LogP contribution is -2.45. The Bertz CT molecular complexity index is 1100. The van der Waals surface area contributed by atoms with Gasteiger partial charge in [-0.1, -0.05) is 48.7 Å². The van der Waals surface area contributed by atoms with Crippen LogP contribution in [0.5, 0.6) is 0 Å². The number of halogens is 2. The molecule has 0 bridgehead atoms. The lowest BCUT2D eigenvalue weighted by atomic mass is 10.0. The summed E-state index contributed by atoms with van der Waals surface area (Å²) in [4.78, 5) is 31.8. The van der Waals surface area contributed by atoms with Gasteiger partial charge in [0.25, 0.3) is 0 Å². The zero-order valence-electron chi connectivity index (χ0n) is 19.5. The molecular weight excluding hydrogens is 473 g/mol. The van der Waals surface area contributed by atoms with Crippen LogP contribution in [0.15, 0.2) is 36.5 Å². The van der Waals surface area contributed by atoms with E-state index in [0.29, 0.717) is 36.9 Å². The highest BCUT2D eigenvalue weighted by molar-refractivity contribution is 6.35. The van der Waals surface area contributed by atoms with Gasteiger partial charge in [0.05, 0.1) is 24.7 Å². The van der Waals surface area contributed by atoms with Crippen molar-refractivity contribution in [2.45, 2.75) is 39.8 Å². The van der Waals surface area contributed by atoms with Crippen molar-refractivity contribution in [3.8, 4) is 6.07 Å². The summed E-state index contributed by atoms with van der Waals surface area (Å²) in [6, 6.07) is 7.87. The first-order chi connectivity index (χ1) is 16.3. The van der Waals surface area contributed by atoms with Crippen LogP contribution in [0, 0.1) is 17.2 Å². The van der Waals surface area contributed by atoms with Crippen LogP contribution in [0.2, 0.25) is 10.0 Å². The number of carbonyl (C=O) groups excluding carboxylic acids is 2. The van der Waals surface area contributed by atoms with Crippen molar-refractivity contribution in [3.05, 3.63) is 63.7 Å². The molecule has 0 atom stereocenters. The molecule has 0 unspecified atom stereocenters. The molecule has 1 amide bonds. The maximum Gasteiger partial charge on any atom is 0.246 e. The quantitative estimate of drug-likeness (QED) is 0.433.